The molecule has 1 aliphatic carbocycles. The molecule has 2 aliphatic rings. The maximum Gasteiger partial charge on any atom is 0.229 e. The van der Waals surface area contributed by atoms with E-state index in [4.69, 9.17) is 0 Å². The number of carbonyl (C=O) groups is 1. The Morgan fingerprint density at radius 2 is 1.92 bits per heavy atom. The molecule has 0 spiro atoms. The first kappa shape index (κ1) is 8.30. The minimum Gasteiger partial charge on any atom is -0.348 e. The molecule has 2 unspecified atom stereocenters. The quantitative estimate of drug-likeness (QED) is 0.438. The predicted octanol–water partition coefficient (Wildman–Crippen LogP) is 1.42. The van der Waals surface area contributed by atoms with Crippen LogP contribution in [0.15, 0.2) is 36.5 Å². The molecular formula is C11H13NO. The van der Waals surface area contributed by atoms with Crippen molar-refractivity contribution < 1.29 is 4.79 Å². The van der Waals surface area contributed by atoms with E-state index in [1.54, 1.807) is 0 Å². The summed E-state index contributed by atoms with van der Waals surface area (Å²) >= 11 is 0. The van der Waals surface area contributed by atoms with Crippen LogP contribution in [0.5, 0.6) is 0 Å². The van der Waals surface area contributed by atoms with Crippen molar-refractivity contribution in [1.82, 2.24) is 5.32 Å². The maximum absolute atomic E-state index is 11.1. The van der Waals surface area contributed by atoms with Crippen LogP contribution in [0.2, 0.25) is 0 Å². The van der Waals surface area contributed by atoms with Crippen molar-refractivity contribution in [3.05, 3.63) is 36.5 Å². The van der Waals surface area contributed by atoms with Crippen LogP contribution >= 0.6 is 0 Å². The fourth-order valence-corrected chi connectivity index (χ4v) is 1.57. The fraction of sp³-hybridized carbons (Fsp3) is 0.364. The summed E-state index contributed by atoms with van der Waals surface area (Å²) in [7, 11) is 0. The summed E-state index contributed by atoms with van der Waals surface area (Å²) in [6.45, 7) is 2.11. The van der Waals surface area contributed by atoms with Gasteiger partial charge in [0.1, 0.15) is 0 Å². The van der Waals surface area contributed by atoms with E-state index < -0.39 is 0 Å². The molecule has 68 valence electrons. The summed E-state index contributed by atoms with van der Waals surface area (Å²) in [5, 5.41) is 2.84. The number of hydrogen-bond acceptors (Lipinski definition) is 1. The molecular weight excluding hydrogens is 162 g/mol. The van der Waals surface area contributed by atoms with Gasteiger partial charge in [-0.1, -0.05) is 43.4 Å². The number of carbonyl (C=O) groups excluding carboxylic acids is 1. The number of amides is 1. The Morgan fingerprint density at radius 3 is 2.69 bits per heavy atom. The normalized spacial score (nSPS) is 44.1. The Balaban J connectivity index is 2.19. The van der Waals surface area contributed by atoms with Gasteiger partial charge in [0, 0.05) is 0 Å². The van der Waals surface area contributed by atoms with E-state index in [1.807, 2.05) is 24.3 Å². The molecule has 1 aliphatic heterocycles. The minimum absolute atomic E-state index is 0.0543. The second-order valence-electron chi connectivity index (χ2n) is 3.57. The first-order valence-electron chi connectivity index (χ1n) is 4.61. The Morgan fingerprint density at radius 1 is 1.15 bits per heavy atom. The number of nitrogens with one attached hydrogen (secondary N) is 1. The van der Waals surface area contributed by atoms with E-state index in [0.717, 1.165) is 0 Å². The standard InChI is InChI=1S/C11H13NO/c1-8-4-2-3-5-10-9(7-6-8)11(13)12-10/h2-10H,1H3,(H,12,13)/b4-2-,5-3-,7-6-/t8?,9-,10?/m0/s1. The molecule has 1 N–H and O–H groups in total. The molecule has 2 heteroatoms. The molecule has 0 radical (unpaired) electrons. The summed E-state index contributed by atoms with van der Waals surface area (Å²) in [5.74, 6) is 0.607. The number of fused-ring (bicyclic) bond motifs is 1. The molecule has 1 fully saturated rings. The Labute approximate surface area is 78.0 Å². The summed E-state index contributed by atoms with van der Waals surface area (Å²) in [6, 6.07) is 0.207. The van der Waals surface area contributed by atoms with Crippen molar-refractivity contribution in [3.8, 4) is 0 Å². The number of β-lactam (4-membered cyclic amide) rings is 1. The number of hydrogen-bond donors (Lipinski definition) is 1. The first-order valence-corrected chi connectivity index (χ1v) is 4.61. The molecule has 0 aromatic heterocycles. The van der Waals surface area contributed by atoms with Crippen molar-refractivity contribution in [2.45, 2.75) is 13.0 Å². The average molecular weight is 175 g/mol. The van der Waals surface area contributed by atoms with Gasteiger partial charge < -0.3 is 5.32 Å². The maximum atomic E-state index is 11.1. The summed E-state index contributed by atoms with van der Waals surface area (Å²) in [5.41, 5.74) is 0. The van der Waals surface area contributed by atoms with Crippen LogP contribution in [0.1, 0.15) is 6.92 Å². The fourth-order valence-electron chi connectivity index (χ4n) is 1.57. The molecule has 2 rings (SSSR count). The van der Waals surface area contributed by atoms with Crippen LogP contribution in [-0.4, -0.2) is 11.9 Å². The summed E-state index contributed by atoms with van der Waals surface area (Å²) < 4.78 is 0. The van der Waals surface area contributed by atoms with Gasteiger partial charge in [-0.3, -0.25) is 4.79 Å². The molecule has 2 nitrogen and oxygen atoms in total. The molecule has 0 aromatic rings. The second-order valence-corrected chi connectivity index (χ2v) is 3.57. The van der Waals surface area contributed by atoms with Crippen LogP contribution in [0.3, 0.4) is 0 Å². The van der Waals surface area contributed by atoms with E-state index in [1.165, 1.54) is 0 Å². The van der Waals surface area contributed by atoms with Gasteiger partial charge >= 0.3 is 0 Å². The van der Waals surface area contributed by atoms with Crippen molar-refractivity contribution >= 4 is 5.91 Å². The highest BCUT2D eigenvalue weighted by atomic mass is 16.2. The van der Waals surface area contributed by atoms with Crippen molar-refractivity contribution in [2.75, 3.05) is 0 Å². The zero-order valence-corrected chi connectivity index (χ0v) is 7.60. The molecule has 0 saturated carbocycles. The van der Waals surface area contributed by atoms with Crippen LogP contribution < -0.4 is 5.32 Å². The van der Waals surface area contributed by atoms with Gasteiger partial charge in [-0.15, -0.1) is 0 Å². The summed E-state index contributed by atoms with van der Waals surface area (Å²) in [4.78, 5) is 11.1. The monoisotopic (exact) mass is 175 g/mol. The Kier molecular flexibility index (Phi) is 2.05. The van der Waals surface area contributed by atoms with E-state index >= 15 is 0 Å². The molecule has 0 aromatic carbocycles. The van der Waals surface area contributed by atoms with Gasteiger partial charge in [0.2, 0.25) is 5.91 Å². The number of allylic oxidation sites excluding steroid dienone is 4. The highest BCUT2D eigenvalue weighted by molar-refractivity contribution is 5.88. The molecule has 13 heavy (non-hydrogen) atoms. The third-order valence-electron chi connectivity index (χ3n) is 2.46. The lowest BCUT2D eigenvalue weighted by Crippen LogP contribution is -2.56. The molecule has 1 amide bonds. The van der Waals surface area contributed by atoms with Gasteiger partial charge in [-0.05, 0) is 5.92 Å². The zero-order valence-electron chi connectivity index (χ0n) is 7.60. The second kappa shape index (κ2) is 3.21. The van der Waals surface area contributed by atoms with E-state index in [9.17, 15) is 4.79 Å². The lowest BCUT2D eigenvalue weighted by Gasteiger charge is -2.32. The van der Waals surface area contributed by atoms with Gasteiger partial charge in [-0.2, -0.15) is 0 Å². The van der Waals surface area contributed by atoms with Crippen molar-refractivity contribution in [1.29, 1.82) is 0 Å². The lowest BCUT2D eigenvalue weighted by molar-refractivity contribution is -0.131. The minimum atomic E-state index is 0.0543. The van der Waals surface area contributed by atoms with E-state index in [-0.39, 0.29) is 17.9 Å². The van der Waals surface area contributed by atoms with Gasteiger partial charge in [0.05, 0.1) is 12.0 Å². The molecule has 1 saturated heterocycles. The number of rotatable bonds is 0. The zero-order chi connectivity index (χ0) is 9.26. The topological polar surface area (TPSA) is 29.1 Å². The Hall–Kier alpha value is -1.31. The predicted molar refractivity (Wildman–Crippen MR) is 52.0 cm³/mol. The van der Waals surface area contributed by atoms with Gasteiger partial charge in [-0.25, -0.2) is 0 Å². The Bertz CT molecular complexity index is 301. The van der Waals surface area contributed by atoms with Gasteiger partial charge in [0.25, 0.3) is 0 Å². The van der Waals surface area contributed by atoms with E-state index in [0.29, 0.717) is 5.92 Å². The molecule has 0 bridgehead atoms. The molecule has 1 heterocycles. The van der Waals surface area contributed by atoms with Crippen LogP contribution in [-0.2, 0) is 4.79 Å². The first-order chi connectivity index (χ1) is 6.27. The largest absolute Gasteiger partial charge is 0.348 e. The molecule has 3 atom stereocenters. The average Bonchev–Trinajstić information content (AvgIpc) is 2.15. The third kappa shape index (κ3) is 1.57. The van der Waals surface area contributed by atoms with Crippen molar-refractivity contribution in [3.63, 3.8) is 0 Å². The van der Waals surface area contributed by atoms with E-state index in [2.05, 4.69) is 24.4 Å². The van der Waals surface area contributed by atoms with Gasteiger partial charge in [0.15, 0.2) is 0 Å². The highest BCUT2D eigenvalue weighted by Crippen LogP contribution is 2.20. The van der Waals surface area contributed by atoms with Crippen LogP contribution in [0, 0.1) is 11.8 Å². The van der Waals surface area contributed by atoms with Crippen LogP contribution in [0.25, 0.3) is 0 Å². The third-order valence-corrected chi connectivity index (χ3v) is 2.46. The summed E-state index contributed by atoms with van der Waals surface area (Å²) in [6.07, 6.45) is 12.3. The smallest absolute Gasteiger partial charge is 0.229 e. The van der Waals surface area contributed by atoms with Crippen molar-refractivity contribution in [2.24, 2.45) is 11.8 Å². The van der Waals surface area contributed by atoms with Crippen LogP contribution in [0.4, 0.5) is 0 Å². The highest BCUT2D eigenvalue weighted by Gasteiger charge is 2.35. The SMILES string of the molecule is CC1/C=C\C=C/C2NC(=O)[C@H]2/C=C\1. The lowest BCUT2D eigenvalue weighted by atomic mass is 9.89.